The number of fused-ring (bicyclic) bond motifs is 6. The van der Waals surface area contributed by atoms with Crippen molar-refractivity contribution in [3.05, 3.63) is 200 Å². The first-order valence-electron chi connectivity index (χ1n) is 21.0. The number of para-hydroxylation sites is 2. The molecule has 0 bridgehead atoms. The Bertz CT molecular complexity index is 2880. The molecule has 0 amide bonds. The molecule has 0 saturated heterocycles. The topological polar surface area (TPSA) is 22.6 Å². The van der Waals surface area contributed by atoms with Crippen LogP contribution in [0.3, 0.4) is 0 Å². The average Bonchev–Trinajstić information content (AvgIpc) is 3.61. The van der Waals surface area contributed by atoms with Gasteiger partial charge < -0.3 is 14.7 Å². The van der Waals surface area contributed by atoms with E-state index in [1.54, 1.807) is 11.8 Å². The predicted molar refractivity (Wildman–Crippen MR) is 256 cm³/mol. The molecule has 0 aliphatic carbocycles. The molecule has 2 aliphatic heterocycles. The standard InChI is InChI=1S/C56H47N4S.Pt/c1-55(2,3)40-32-41(56(4,5)6)34-43(33-40)59-37-58(50-23-12-13-24-51(50)59)42-19-16-20-44(35-42)61-45-27-29-49-47-22-11-10-21-46(47)48-28-26-39(38-17-8-7-9-18-38)31-52(48)60(53(49)36-45)54-25-14-15-30-57-54;/h7-34,37H,1-6H3;/q-3;. The summed E-state index contributed by atoms with van der Waals surface area (Å²) in [5.74, 6) is 0.838. The Kier molecular flexibility index (Phi) is 11.0. The SMILES string of the molecule is CC(C)(C)c1cc(N2[CH-]N(c3[c-]c(Sc4[c-]c5c(cc4)-c4ccccc4-c4ccc(-c6ccccc6)cc4N5c4ccccn4)ccc3)c3ccccc32)cc(C(C)(C)C)c1.[Pt]. The van der Waals surface area contributed by atoms with Gasteiger partial charge in [0.1, 0.15) is 5.82 Å². The van der Waals surface area contributed by atoms with Gasteiger partial charge in [0.2, 0.25) is 0 Å². The van der Waals surface area contributed by atoms with E-state index in [1.807, 2.05) is 12.3 Å². The smallest absolute Gasteiger partial charge is 0.135 e. The first-order valence-corrected chi connectivity index (χ1v) is 21.8. The molecular formula is C56H47N4PtS-3. The number of hydrogen-bond donors (Lipinski definition) is 0. The van der Waals surface area contributed by atoms with E-state index in [0.717, 1.165) is 66.4 Å². The maximum atomic E-state index is 4.94. The first-order chi connectivity index (χ1) is 29.5. The van der Waals surface area contributed by atoms with Crippen molar-refractivity contribution < 1.29 is 21.1 Å². The minimum absolute atomic E-state index is 0. The third kappa shape index (κ3) is 7.78. The number of pyridine rings is 1. The van der Waals surface area contributed by atoms with Crippen LogP contribution in [-0.4, -0.2) is 4.98 Å². The van der Waals surface area contributed by atoms with Gasteiger partial charge in [0.25, 0.3) is 0 Å². The van der Waals surface area contributed by atoms with Crippen LogP contribution < -0.4 is 14.7 Å². The van der Waals surface area contributed by atoms with E-state index < -0.39 is 0 Å². The van der Waals surface area contributed by atoms with E-state index >= 15 is 0 Å². The van der Waals surface area contributed by atoms with Gasteiger partial charge in [0.05, 0.1) is 5.69 Å². The van der Waals surface area contributed by atoms with E-state index in [9.17, 15) is 0 Å². The normalized spacial score (nSPS) is 13.1. The van der Waals surface area contributed by atoms with Crippen molar-refractivity contribution in [3.63, 3.8) is 0 Å². The zero-order chi connectivity index (χ0) is 41.9. The molecule has 1 aromatic heterocycles. The summed E-state index contributed by atoms with van der Waals surface area (Å²) in [5.41, 5.74) is 16.0. The molecule has 7 aromatic carbocycles. The molecule has 0 saturated carbocycles. The third-order valence-corrected chi connectivity index (χ3v) is 12.6. The predicted octanol–water partition coefficient (Wildman–Crippen LogP) is 15.6. The van der Waals surface area contributed by atoms with Crippen LogP contribution >= 0.6 is 11.8 Å². The molecule has 6 heteroatoms. The molecule has 0 radical (unpaired) electrons. The summed E-state index contributed by atoms with van der Waals surface area (Å²) in [6.07, 6.45) is 1.87. The molecule has 3 heterocycles. The molecule has 0 unspecified atom stereocenters. The summed E-state index contributed by atoms with van der Waals surface area (Å²) in [7, 11) is 0. The quantitative estimate of drug-likeness (QED) is 0.154. The van der Waals surface area contributed by atoms with E-state index in [1.165, 1.54) is 27.8 Å². The third-order valence-electron chi connectivity index (χ3n) is 11.6. The van der Waals surface area contributed by atoms with Gasteiger partial charge in [-0.1, -0.05) is 144 Å². The van der Waals surface area contributed by atoms with E-state index in [-0.39, 0.29) is 31.9 Å². The first kappa shape index (κ1) is 41.5. The van der Waals surface area contributed by atoms with Gasteiger partial charge >= 0.3 is 0 Å². The van der Waals surface area contributed by atoms with Gasteiger partial charge in [-0.2, -0.15) is 24.3 Å². The molecule has 4 nitrogen and oxygen atoms in total. The number of aromatic nitrogens is 1. The summed E-state index contributed by atoms with van der Waals surface area (Å²) in [5, 5.41) is 0. The van der Waals surface area contributed by atoms with Gasteiger partial charge in [0, 0.05) is 49.9 Å². The molecule has 310 valence electrons. The van der Waals surface area contributed by atoms with Crippen molar-refractivity contribution >= 4 is 51.7 Å². The Balaban J connectivity index is 0.00000490. The number of benzene rings is 7. The second kappa shape index (κ2) is 16.4. The van der Waals surface area contributed by atoms with Gasteiger partial charge in [-0.3, -0.25) is 0 Å². The van der Waals surface area contributed by atoms with E-state index in [0.29, 0.717) is 0 Å². The van der Waals surface area contributed by atoms with Crippen molar-refractivity contribution in [3.8, 4) is 33.4 Å². The van der Waals surface area contributed by atoms with Gasteiger partial charge in [-0.05, 0) is 81.1 Å². The average molecular weight is 1000 g/mol. The zero-order valence-corrected chi connectivity index (χ0v) is 38.8. The number of hydrogen-bond acceptors (Lipinski definition) is 5. The second-order valence-corrected chi connectivity index (χ2v) is 19.0. The van der Waals surface area contributed by atoms with Crippen molar-refractivity contribution in [1.29, 1.82) is 0 Å². The molecule has 0 spiro atoms. The Hall–Kier alpha value is -5.87. The van der Waals surface area contributed by atoms with Crippen molar-refractivity contribution in [2.24, 2.45) is 0 Å². The van der Waals surface area contributed by atoms with E-state index in [4.69, 9.17) is 4.98 Å². The monoisotopic (exact) mass is 1000 g/mol. The molecule has 62 heavy (non-hydrogen) atoms. The van der Waals surface area contributed by atoms with Crippen molar-refractivity contribution in [2.45, 2.75) is 62.2 Å². The Labute approximate surface area is 385 Å². The molecule has 2 aliphatic rings. The zero-order valence-electron chi connectivity index (χ0n) is 35.8. The van der Waals surface area contributed by atoms with Crippen LogP contribution in [0.5, 0.6) is 0 Å². The summed E-state index contributed by atoms with van der Waals surface area (Å²) in [6, 6.07) is 66.5. The molecule has 0 fully saturated rings. The molecule has 0 N–H and O–H groups in total. The van der Waals surface area contributed by atoms with Gasteiger partial charge in [-0.25, -0.2) is 4.98 Å². The summed E-state index contributed by atoms with van der Waals surface area (Å²) < 4.78 is 0. The molecular weight excluding hydrogens is 956 g/mol. The van der Waals surface area contributed by atoms with Crippen LogP contribution in [0, 0.1) is 18.8 Å². The maximum absolute atomic E-state index is 4.94. The van der Waals surface area contributed by atoms with Crippen LogP contribution in [0.1, 0.15) is 52.7 Å². The van der Waals surface area contributed by atoms with Crippen LogP contribution in [0.25, 0.3) is 33.4 Å². The van der Waals surface area contributed by atoms with Crippen LogP contribution in [0.2, 0.25) is 0 Å². The minimum atomic E-state index is 0. The van der Waals surface area contributed by atoms with Crippen LogP contribution in [0.4, 0.5) is 39.9 Å². The molecule has 10 rings (SSSR count). The van der Waals surface area contributed by atoms with Gasteiger partial charge in [-0.15, -0.1) is 57.7 Å². The maximum Gasteiger partial charge on any atom is 0.135 e. The van der Waals surface area contributed by atoms with Crippen molar-refractivity contribution in [2.75, 3.05) is 14.7 Å². The number of nitrogens with zero attached hydrogens (tertiary/aromatic N) is 4. The fraction of sp³-hybridized carbons (Fsp3) is 0.143. The fourth-order valence-electron chi connectivity index (χ4n) is 8.35. The van der Waals surface area contributed by atoms with Gasteiger partial charge in [0.15, 0.2) is 0 Å². The van der Waals surface area contributed by atoms with E-state index in [2.05, 4.69) is 233 Å². The Morgan fingerprint density at radius 2 is 1.13 bits per heavy atom. The summed E-state index contributed by atoms with van der Waals surface area (Å²) in [6.45, 7) is 16.0. The largest absolute Gasteiger partial charge is 0.493 e. The van der Waals surface area contributed by atoms with Crippen molar-refractivity contribution in [1.82, 2.24) is 4.98 Å². The van der Waals surface area contributed by atoms with Crippen LogP contribution in [-0.2, 0) is 31.9 Å². The molecule has 8 aromatic rings. The minimum Gasteiger partial charge on any atom is -0.493 e. The summed E-state index contributed by atoms with van der Waals surface area (Å²) in [4.78, 5) is 13.8. The molecule has 0 atom stereocenters. The Morgan fingerprint density at radius 1 is 0.500 bits per heavy atom. The number of rotatable bonds is 6. The summed E-state index contributed by atoms with van der Waals surface area (Å²) >= 11 is 1.68. The fourth-order valence-corrected chi connectivity index (χ4v) is 9.17. The Morgan fingerprint density at radius 3 is 1.82 bits per heavy atom. The van der Waals surface area contributed by atoms with Crippen LogP contribution in [0.15, 0.2) is 180 Å². The second-order valence-electron chi connectivity index (χ2n) is 17.9. The number of anilines is 7.